The van der Waals surface area contributed by atoms with Gasteiger partial charge < -0.3 is 15.5 Å². The lowest BCUT2D eigenvalue weighted by Crippen LogP contribution is -2.52. The number of carbonyl (C=O) groups is 2. The fraction of sp³-hybridized carbons (Fsp3) is 0.857. The number of piperidine rings is 1. The minimum absolute atomic E-state index is 0.00614. The van der Waals surface area contributed by atoms with Crippen molar-refractivity contribution in [1.29, 1.82) is 0 Å². The number of amides is 2. The molecule has 1 unspecified atom stereocenters. The standard InChI is InChI=1S/C14H27N3O2/c1-4-14(8-7-9-15-11-14)13(19)16-10-12(18)17(5-2)6-3/h15H,4-11H2,1-3H3,(H,16,19). The Morgan fingerprint density at radius 2 is 1.95 bits per heavy atom. The summed E-state index contributed by atoms with van der Waals surface area (Å²) in [5.41, 5.74) is -0.332. The van der Waals surface area contributed by atoms with Crippen LogP contribution in [-0.2, 0) is 9.59 Å². The van der Waals surface area contributed by atoms with E-state index in [1.807, 2.05) is 20.8 Å². The van der Waals surface area contributed by atoms with Crippen molar-refractivity contribution in [1.82, 2.24) is 15.5 Å². The van der Waals surface area contributed by atoms with Gasteiger partial charge >= 0.3 is 0 Å². The summed E-state index contributed by atoms with van der Waals surface area (Å²) in [6.07, 6.45) is 2.73. The van der Waals surface area contributed by atoms with Crippen LogP contribution in [-0.4, -0.2) is 49.4 Å². The second kappa shape index (κ2) is 7.48. The lowest BCUT2D eigenvalue weighted by molar-refractivity contribution is -0.137. The highest BCUT2D eigenvalue weighted by atomic mass is 16.2. The predicted molar refractivity (Wildman–Crippen MR) is 75.8 cm³/mol. The summed E-state index contributed by atoms with van der Waals surface area (Å²) in [7, 11) is 0. The van der Waals surface area contributed by atoms with Crippen LogP contribution in [0.25, 0.3) is 0 Å². The maximum Gasteiger partial charge on any atom is 0.241 e. The largest absolute Gasteiger partial charge is 0.347 e. The molecule has 1 fully saturated rings. The molecule has 19 heavy (non-hydrogen) atoms. The average Bonchev–Trinajstić information content (AvgIpc) is 2.46. The first-order chi connectivity index (χ1) is 9.09. The Hall–Kier alpha value is -1.10. The molecule has 5 heteroatoms. The number of carbonyl (C=O) groups excluding carboxylic acids is 2. The van der Waals surface area contributed by atoms with Crippen LogP contribution in [0.4, 0.5) is 0 Å². The van der Waals surface area contributed by atoms with E-state index in [4.69, 9.17) is 0 Å². The molecular formula is C14H27N3O2. The van der Waals surface area contributed by atoms with Crippen molar-refractivity contribution in [3.8, 4) is 0 Å². The van der Waals surface area contributed by atoms with Gasteiger partial charge in [-0.2, -0.15) is 0 Å². The highest BCUT2D eigenvalue weighted by Gasteiger charge is 2.37. The third kappa shape index (κ3) is 3.93. The van der Waals surface area contributed by atoms with E-state index in [1.54, 1.807) is 4.90 Å². The van der Waals surface area contributed by atoms with Crippen LogP contribution in [0.5, 0.6) is 0 Å². The van der Waals surface area contributed by atoms with Crippen LogP contribution >= 0.6 is 0 Å². The van der Waals surface area contributed by atoms with E-state index in [9.17, 15) is 9.59 Å². The average molecular weight is 269 g/mol. The SMILES string of the molecule is CCN(CC)C(=O)CNC(=O)C1(CC)CCCNC1. The van der Waals surface area contributed by atoms with E-state index in [2.05, 4.69) is 10.6 Å². The molecule has 0 aromatic carbocycles. The van der Waals surface area contributed by atoms with Crippen molar-refractivity contribution in [3.05, 3.63) is 0 Å². The molecule has 1 rings (SSSR count). The van der Waals surface area contributed by atoms with Crippen molar-refractivity contribution < 1.29 is 9.59 Å². The number of nitrogens with one attached hydrogen (secondary N) is 2. The molecule has 0 bridgehead atoms. The summed E-state index contributed by atoms with van der Waals surface area (Å²) in [4.78, 5) is 25.9. The van der Waals surface area contributed by atoms with Crippen LogP contribution < -0.4 is 10.6 Å². The van der Waals surface area contributed by atoms with Gasteiger partial charge in [0.2, 0.25) is 11.8 Å². The molecule has 1 aliphatic heterocycles. The highest BCUT2D eigenvalue weighted by molar-refractivity contribution is 5.88. The van der Waals surface area contributed by atoms with Gasteiger partial charge in [0.1, 0.15) is 0 Å². The Balaban J connectivity index is 2.51. The van der Waals surface area contributed by atoms with Crippen LogP contribution in [0, 0.1) is 5.41 Å². The summed E-state index contributed by atoms with van der Waals surface area (Å²) in [6, 6.07) is 0. The molecule has 110 valence electrons. The molecule has 0 spiro atoms. The van der Waals surface area contributed by atoms with Gasteiger partial charge in [0, 0.05) is 19.6 Å². The normalized spacial score (nSPS) is 22.9. The smallest absolute Gasteiger partial charge is 0.241 e. The second-order valence-corrected chi connectivity index (χ2v) is 5.16. The number of hydrogen-bond donors (Lipinski definition) is 2. The number of rotatable bonds is 6. The zero-order valence-corrected chi connectivity index (χ0v) is 12.4. The fourth-order valence-electron chi connectivity index (χ4n) is 2.66. The lowest BCUT2D eigenvalue weighted by Gasteiger charge is -2.35. The second-order valence-electron chi connectivity index (χ2n) is 5.16. The molecular weight excluding hydrogens is 242 g/mol. The van der Waals surface area contributed by atoms with E-state index in [1.165, 1.54) is 0 Å². The molecule has 1 saturated heterocycles. The topological polar surface area (TPSA) is 61.4 Å². The summed E-state index contributed by atoms with van der Waals surface area (Å²) in [5.74, 6) is 0.0103. The molecule has 0 aliphatic carbocycles. The van der Waals surface area contributed by atoms with E-state index in [0.29, 0.717) is 13.1 Å². The number of likely N-dealkylation sites (N-methyl/N-ethyl adjacent to an activating group) is 1. The van der Waals surface area contributed by atoms with Gasteiger partial charge in [-0.25, -0.2) is 0 Å². The maximum absolute atomic E-state index is 12.3. The van der Waals surface area contributed by atoms with Gasteiger partial charge in [0.15, 0.2) is 0 Å². The van der Waals surface area contributed by atoms with Crippen molar-refractivity contribution in [3.63, 3.8) is 0 Å². The summed E-state index contributed by atoms with van der Waals surface area (Å²) in [6.45, 7) is 9.12. The highest BCUT2D eigenvalue weighted by Crippen LogP contribution is 2.30. The van der Waals surface area contributed by atoms with E-state index < -0.39 is 0 Å². The maximum atomic E-state index is 12.3. The molecule has 1 atom stereocenters. The van der Waals surface area contributed by atoms with E-state index in [0.717, 1.165) is 32.4 Å². The van der Waals surface area contributed by atoms with Crippen LogP contribution in [0.3, 0.4) is 0 Å². The van der Waals surface area contributed by atoms with Gasteiger partial charge in [0.05, 0.1) is 12.0 Å². The predicted octanol–water partition coefficient (Wildman–Crippen LogP) is 0.751. The molecule has 1 heterocycles. The van der Waals surface area contributed by atoms with Gasteiger partial charge in [-0.15, -0.1) is 0 Å². The van der Waals surface area contributed by atoms with E-state index in [-0.39, 0.29) is 23.8 Å². The van der Waals surface area contributed by atoms with Gasteiger partial charge in [-0.3, -0.25) is 9.59 Å². The Morgan fingerprint density at radius 3 is 2.42 bits per heavy atom. The Kier molecular flexibility index (Phi) is 6.28. The van der Waals surface area contributed by atoms with Crippen LogP contribution in [0.1, 0.15) is 40.0 Å². The Labute approximate surface area is 116 Å². The Bertz CT molecular complexity index is 308. The zero-order chi connectivity index (χ0) is 14.3. The summed E-state index contributed by atoms with van der Waals surface area (Å²) in [5, 5.41) is 6.11. The number of hydrogen-bond acceptors (Lipinski definition) is 3. The quantitative estimate of drug-likeness (QED) is 0.748. The Morgan fingerprint density at radius 1 is 1.26 bits per heavy atom. The molecule has 5 nitrogen and oxygen atoms in total. The van der Waals surface area contributed by atoms with Crippen molar-refractivity contribution >= 4 is 11.8 Å². The molecule has 1 aliphatic rings. The van der Waals surface area contributed by atoms with Crippen LogP contribution in [0.2, 0.25) is 0 Å². The summed E-state index contributed by atoms with van der Waals surface area (Å²) >= 11 is 0. The minimum Gasteiger partial charge on any atom is -0.347 e. The van der Waals surface area contributed by atoms with Crippen LogP contribution in [0.15, 0.2) is 0 Å². The lowest BCUT2D eigenvalue weighted by atomic mass is 9.77. The summed E-state index contributed by atoms with van der Waals surface area (Å²) < 4.78 is 0. The van der Waals surface area contributed by atoms with Crippen molar-refractivity contribution in [2.24, 2.45) is 5.41 Å². The van der Waals surface area contributed by atoms with Crippen molar-refractivity contribution in [2.45, 2.75) is 40.0 Å². The molecule has 2 amide bonds. The van der Waals surface area contributed by atoms with Gasteiger partial charge in [-0.05, 0) is 39.7 Å². The monoisotopic (exact) mass is 269 g/mol. The third-order valence-electron chi connectivity index (χ3n) is 4.15. The molecule has 0 saturated carbocycles. The zero-order valence-electron chi connectivity index (χ0n) is 12.4. The van der Waals surface area contributed by atoms with Crippen molar-refractivity contribution in [2.75, 3.05) is 32.7 Å². The third-order valence-corrected chi connectivity index (χ3v) is 4.15. The minimum atomic E-state index is -0.332. The molecule has 2 N–H and O–H groups in total. The molecule has 0 aromatic heterocycles. The first kappa shape index (κ1) is 16.0. The van der Waals surface area contributed by atoms with Gasteiger partial charge in [-0.1, -0.05) is 6.92 Å². The number of nitrogens with zero attached hydrogens (tertiary/aromatic N) is 1. The molecule has 0 radical (unpaired) electrons. The van der Waals surface area contributed by atoms with E-state index >= 15 is 0 Å². The van der Waals surface area contributed by atoms with Gasteiger partial charge in [0.25, 0.3) is 0 Å². The fourth-order valence-corrected chi connectivity index (χ4v) is 2.66. The first-order valence-corrected chi connectivity index (χ1v) is 7.36. The first-order valence-electron chi connectivity index (χ1n) is 7.36. The molecule has 0 aromatic rings.